The largest absolute Gasteiger partial charge is 0.434 e. The molecule has 3 aromatic rings. The molecule has 0 spiro atoms. The molecule has 29 heavy (non-hydrogen) atoms. The van der Waals surface area contributed by atoms with E-state index in [1.807, 2.05) is 0 Å². The number of carbonyl (C=O) groups is 1. The lowest BCUT2D eigenvalue weighted by Crippen LogP contribution is -2.29. The monoisotopic (exact) mass is 425 g/mol. The number of hydrogen-bond donors (Lipinski definition) is 0. The lowest BCUT2D eigenvalue weighted by molar-refractivity contribution is -0.143. The standard InChI is InChI=1S/C17H14F3N5O3S/c1-24(12-7-8-21-22-9-12)16(26)14-10-23-25(15(14)17(18,19)20)11-3-5-13(6-4-11)29(2,27)28/h3-10H,1-2H3. The minimum Gasteiger partial charge on any atom is -0.310 e. The Bertz CT molecular complexity index is 1140. The molecule has 0 saturated carbocycles. The van der Waals surface area contributed by atoms with Gasteiger partial charge in [-0.1, -0.05) is 0 Å². The van der Waals surface area contributed by atoms with Crippen molar-refractivity contribution in [3.8, 4) is 5.69 Å². The molecule has 0 radical (unpaired) electrons. The number of halogens is 3. The van der Waals surface area contributed by atoms with Crippen LogP contribution in [0.5, 0.6) is 0 Å². The second kappa shape index (κ2) is 7.28. The normalized spacial score (nSPS) is 12.0. The second-order valence-electron chi connectivity index (χ2n) is 6.05. The predicted molar refractivity (Wildman–Crippen MR) is 96.4 cm³/mol. The molecule has 1 aromatic carbocycles. The molecule has 2 aromatic heterocycles. The number of alkyl halides is 3. The first-order valence-electron chi connectivity index (χ1n) is 8.00. The van der Waals surface area contributed by atoms with Crippen molar-refractivity contribution in [2.24, 2.45) is 0 Å². The summed E-state index contributed by atoms with van der Waals surface area (Å²) in [6.45, 7) is 0. The first-order chi connectivity index (χ1) is 13.5. The summed E-state index contributed by atoms with van der Waals surface area (Å²) in [5.41, 5.74) is -1.73. The fourth-order valence-corrected chi connectivity index (χ4v) is 3.22. The molecule has 0 aliphatic heterocycles. The smallest absolute Gasteiger partial charge is 0.310 e. The first-order valence-corrected chi connectivity index (χ1v) is 9.90. The second-order valence-corrected chi connectivity index (χ2v) is 8.06. The highest BCUT2D eigenvalue weighted by Gasteiger charge is 2.41. The Kier molecular flexibility index (Phi) is 5.13. The predicted octanol–water partition coefficient (Wildman–Crippen LogP) is 2.36. The number of nitrogens with zero attached hydrogens (tertiary/aromatic N) is 5. The number of carbonyl (C=O) groups excluding carboxylic acids is 1. The summed E-state index contributed by atoms with van der Waals surface area (Å²) in [7, 11) is -2.21. The van der Waals surface area contributed by atoms with Crippen LogP contribution in [-0.2, 0) is 16.0 Å². The van der Waals surface area contributed by atoms with Gasteiger partial charge in [-0.15, -0.1) is 0 Å². The Morgan fingerprint density at radius 1 is 1.07 bits per heavy atom. The van der Waals surface area contributed by atoms with Crippen LogP contribution in [0.4, 0.5) is 18.9 Å². The SMILES string of the molecule is CN(C(=O)c1cnn(-c2ccc(S(C)(=O)=O)cc2)c1C(F)(F)F)c1ccnnc1. The lowest BCUT2D eigenvalue weighted by Gasteiger charge is -2.18. The van der Waals surface area contributed by atoms with Gasteiger partial charge in [-0.25, -0.2) is 13.1 Å². The highest BCUT2D eigenvalue weighted by Crippen LogP contribution is 2.34. The maximum Gasteiger partial charge on any atom is 0.434 e. The van der Waals surface area contributed by atoms with E-state index in [1.165, 1.54) is 49.8 Å². The summed E-state index contributed by atoms with van der Waals surface area (Å²) >= 11 is 0. The van der Waals surface area contributed by atoms with Gasteiger partial charge in [0.1, 0.15) is 0 Å². The quantitative estimate of drug-likeness (QED) is 0.637. The Hall–Kier alpha value is -3.28. The maximum atomic E-state index is 13.8. The average Bonchev–Trinajstić information content (AvgIpc) is 3.12. The molecule has 1 amide bonds. The van der Waals surface area contributed by atoms with Gasteiger partial charge in [-0.05, 0) is 30.3 Å². The van der Waals surface area contributed by atoms with E-state index in [2.05, 4.69) is 15.3 Å². The molecule has 0 saturated heterocycles. The summed E-state index contributed by atoms with van der Waals surface area (Å²) in [6.07, 6.45) is -0.553. The lowest BCUT2D eigenvalue weighted by atomic mass is 10.2. The Morgan fingerprint density at radius 3 is 2.24 bits per heavy atom. The zero-order valence-electron chi connectivity index (χ0n) is 15.1. The Morgan fingerprint density at radius 2 is 1.72 bits per heavy atom. The number of rotatable bonds is 4. The molecule has 2 heterocycles. The summed E-state index contributed by atoms with van der Waals surface area (Å²) in [4.78, 5) is 13.6. The van der Waals surface area contributed by atoms with Gasteiger partial charge in [0.2, 0.25) is 0 Å². The molecular formula is C17H14F3N5O3S. The van der Waals surface area contributed by atoms with Crippen molar-refractivity contribution in [1.29, 1.82) is 0 Å². The number of hydrogen-bond acceptors (Lipinski definition) is 6. The molecule has 0 aliphatic rings. The molecule has 152 valence electrons. The molecule has 0 aliphatic carbocycles. The van der Waals surface area contributed by atoms with Crippen LogP contribution in [0, 0.1) is 0 Å². The number of aromatic nitrogens is 4. The van der Waals surface area contributed by atoms with E-state index in [-0.39, 0.29) is 16.3 Å². The van der Waals surface area contributed by atoms with Crippen molar-refractivity contribution in [2.75, 3.05) is 18.2 Å². The first kappa shape index (κ1) is 20.5. The molecule has 12 heteroatoms. The van der Waals surface area contributed by atoms with Gasteiger partial charge >= 0.3 is 6.18 Å². The number of sulfone groups is 1. The van der Waals surface area contributed by atoms with Crippen LogP contribution in [0.2, 0.25) is 0 Å². The molecule has 8 nitrogen and oxygen atoms in total. The van der Waals surface area contributed by atoms with Crippen molar-refractivity contribution in [3.05, 3.63) is 60.2 Å². The number of benzene rings is 1. The fourth-order valence-electron chi connectivity index (χ4n) is 2.59. The van der Waals surface area contributed by atoms with Gasteiger partial charge in [-0.3, -0.25) is 4.79 Å². The number of amides is 1. The zero-order valence-corrected chi connectivity index (χ0v) is 15.9. The topological polar surface area (TPSA) is 98.1 Å². The minimum atomic E-state index is -4.89. The highest BCUT2D eigenvalue weighted by molar-refractivity contribution is 7.90. The van der Waals surface area contributed by atoms with Crippen molar-refractivity contribution in [2.45, 2.75) is 11.1 Å². The van der Waals surface area contributed by atoms with Crippen LogP contribution < -0.4 is 4.90 Å². The van der Waals surface area contributed by atoms with Crippen LogP contribution in [0.15, 0.2) is 53.8 Å². The third-order valence-electron chi connectivity index (χ3n) is 4.04. The van der Waals surface area contributed by atoms with Crippen LogP contribution in [-0.4, -0.2) is 47.6 Å². The van der Waals surface area contributed by atoms with Crippen LogP contribution in [0.1, 0.15) is 16.1 Å². The van der Waals surface area contributed by atoms with Gasteiger partial charge < -0.3 is 4.90 Å². The maximum absolute atomic E-state index is 13.8. The van der Waals surface area contributed by atoms with E-state index in [4.69, 9.17) is 0 Å². The van der Waals surface area contributed by atoms with Crippen LogP contribution in [0.3, 0.4) is 0 Å². The van der Waals surface area contributed by atoms with Crippen molar-refractivity contribution >= 4 is 21.4 Å². The molecule has 0 atom stereocenters. The van der Waals surface area contributed by atoms with Gasteiger partial charge in [0.05, 0.1) is 40.4 Å². The van der Waals surface area contributed by atoms with E-state index in [9.17, 15) is 26.4 Å². The molecule has 0 bridgehead atoms. The molecule has 0 fully saturated rings. The van der Waals surface area contributed by atoms with Crippen LogP contribution in [0.25, 0.3) is 5.69 Å². The summed E-state index contributed by atoms with van der Waals surface area (Å²) in [5, 5.41) is 10.9. The minimum absolute atomic E-state index is 0.0444. The van der Waals surface area contributed by atoms with E-state index < -0.39 is 33.2 Å². The Labute approximate surface area is 163 Å². The molecule has 0 unspecified atom stereocenters. The summed E-state index contributed by atoms with van der Waals surface area (Å²) in [6, 6.07) is 6.13. The van der Waals surface area contributed by atoms with Gasteiger partial charge in [-0.2, -0.15) is 28.5 Å². The van der Waals surface area contributed by atoms with Crippen LogP contribution >= 0.6 is 0 Å². The number of anilines is 1. The third-order valence-corrected chi connectivity index (χ3v) is 5.17. The fraction of sp³-hybridized carbons (Fsp3) is 0.176. The van der Waals surface area contributed by atoms with Gasteiger partial charge in [0.15, 0.2) is 15.5 Å². The molecule has 0 N–H and O–H groups in total. The van der Waals surface area contributed by atoms with Crippen molar-refractivity contribution in [3.63, 3.8) is 0 Å². The van der Waals surface area contributed by atoms with E-state index in [1.54, 1.807) is 0 Å². The third kappa shape index (κ3) is 4.11. The van der Waals surface area contributed by atoms with E-state index >= 15 is 0 Å². The van der Waals surface area contributed by atoms with E-state index in [0.717, 1.165) is 17.4 Å². The zero-order chi connectivity index (χ0) is 21.4. The Balaban J connectivity index is 2.07. The summed E-state index contributed by atoms with van der Waals surface area (Å²) < 4.78 is 65.0. The molecular weight excluding hydrogens is 411 g/mol. The van der Waals surface area contributed by atoms with E-state index in [0.29, 0.717) is 4.68 Å². The van der Waals surface area contributed by atoms with Crippen molar-refractivity contribution < 1.29 is 26.4 Å². The summed E-state index contributed by atoms with van der Waals surface area (Å²) in [5.74, 6) is -0.940. The highest BCUT2D eigenvalue weighted by atomic mass is 32.2. The average molecular weight is 425 g/mol. The van der Waals surface area contributed by atoms with Crippen molar-refractivity contribution in [1.82, 2.24) is 20.0 Å². The molecule has 3 rings (SSSR count). The van der Waals surface area contributed by atoms with Gasteiger partial charge in [0, 0.05) is 13.3 Å². The van der Waals surface area contributed by atoms with Gasteiger partial charge in [0.25, 0.3) is 5.91 Å².